The number of rotatable bonds is 4. The third-order valence-electron chi connectivity index (χ3n) is 3.91. The number of hydrogen-bond donors (Lipinski definition) is 1. The number of imide groups is 1. The summed E-state index contributed by atoms with van der Waals surface area (Å²) in [6.07, 6.45) is 0.143. The van der Waals surface area contributed by atoms with Gasteiger partial charge in [0.15, 0.2) is 0 Å². The number of carbonyl (C=O) groups excluding carboxylic acids is 2. The summed E-state index contributed by atoms with van der Waals surface area (Å²) in [5, 5.41) is 3.12. The third kappa shape index (κ3) is 2.90. The van der Waals surface area contributed by atoms with Crippen molar-refractivity contribution in [1.82, 2.24) is 0 Å². The van der Waals surface area contributed by atoms with Gasteiger partial charge < -0.3 is 10.1 Å². The summed E-state index contributed by atoms with van der Waals surface area (Å²) >= 11 is 0. The van der Waals surface area contributed by atoms with Crippen LogP contribution in [0.2, 0.25) is 0 Å². The monoisotopic (exact) mass is 310 g/mol. The van der Waals surface area contributed by atoms with Gasteiger partial charge in [-0.3, -0.25) is 9.59 Å². The average Bonchev–Trinajstić information content (AvgIpc) is 2.82. The SMILES string of the molecule is COc1cccc(NC2CC(=O)N(c3ccccc3C)C2=O)c1. The van der Waals surface area contributed by atoms with Crippen LogP contribution in [0.15, 0.2) is 48.5 Å². The van der Waals surface area contributed by atoms with Gasteiger partial charge in [-0.1, -0.05) is 24.3 Å². The average molecular weight is 310 g/mol. The highest BCUT2D eigenvalue weighted by atomic mass is 16.5. The molecule has 0 radical (unpaired) electrons. The van der Waals surface area contributed by atoms with Crippen LogP contribution < -0.4 is 15.0 Å². The Hall–Kier alpha value is -2.82. The summed E-state index contributed by atoms with van der Waals surface area (Å²) in [6.45, 7) is 1.89. The lowest BCUT2D eigenvalue weighted by molar-refractivity contribution is -0.121. The second kappa shape index (κ2) is 6.12. The van der Waals surface area contributed by atoms with Crippen molar-refractivity contribution in [2.24, 2.45) is 0 Å². The number of nitrogens with one attached hydrogen (secondary N) is 1. The van der Waals surface area contributed by atoms with Crippen LogP contribution >= 0.6 is 0 Å². The number of ether oxygens (including phenoxy) is 1. The lowest BCUT2D eigenvalue weighted by atomic mass is 10.2. The molecule has 1 aliphatic rings. The van der Waals surface area contributed by atoms with Gasteiger partial charge in [-0.15, -0.1) is 0 Å². The summed E-state index contributed by atoms with van der Waals surface area (Å²) in [5.74, 6) is 0.277. The Morgan fingerprint density at radius 2 is 1.91 bits per heavy atom. The first-order valence-electron chi connectivity index (χ1n) is 7.43. The van der Waals surface area contributed by atoms with Gasteiger partial charge in [0.1, 0.15) is 11.8 Å². The van der Waals surface area contributed by atoms with Crippen LogP contribution in [0.1, 0.15) is 12.0 Å². The van der Waals surface area contributed by atoms with Gasteiger partial charge in [-0.2, -0.15) is 0 Å². The molecule has 1 unspecified atom stereocenters. The largest absolute Gasteiger partial charge is 0.497 e. The van der Waals surface area contributed by atoms with Crippen molar-refractivity contribution in [3.8, 4) is 5.75 Å². The van der Waals surface area contributed by atoms with E-state index in [1.165, 1.54) is 4.90 Å². The Morgan fingerprint density at radius 3 is 2.65 bits per heavy atom. The summed E-state index contributed by atoms with van der Waals surface area (Å²) < 4.78 is 5.17. The Morgan fingerprint density at radius 1 is 1.13 bits per heavy atom. The highest BCUT2D eigenvalue weighted by Gasteiger charge is 2.40. The number of hydrogen-bond acceptors (Lipinski definition) is 4. The van der Waals surface area contributed by atoms with Crippen molar-refractivity contribution < 1.29 is 14.3 Å². The maximum Gasteiger partial charge on any atom is 0.256 e. The minimum absolute atomic E-state index is 0.143. The third-order valence-corrected chi connectivity index (χ3v) is 3.91. The molecule has 3 rings (SSSR count). The molecule has 2 aromatic carbocycles. The zero-order valence-electron chi connectivity index (χ0n) is 13.1. The van der Waals surface area contributed by atoms with E-state index in [9.17, 15) is 9.59 Å². The van der Waals surface area contributed by atoms with E-state index in [-0.39, 0.29) is 18.2 Å². The standard InChI is InChI=1S/C18H18N2O3/c1-12-6-3-4-9-16(12)20-17(21)11-15(18(20)22)19-13-7-5-8-14(10-13)23-2/h3-10,15,19H,11H2,1-2H3. The van der Waals surface area contributed by atoms with Gasteiger partial charge in [0, 0.05) is 11.8 Å². The molecule has 1 saturated heterocycles. The van der Waals surface area contributed by atoms with E-state index in [0.29, 0.717) is 11.4 Å². The molecule has 23 heavy (non-hydrogen) atoms. The zero-order valence-corrected chi connectivity index (χ0v) is 13.1. The molecule has 1 heterocycles. The number of aryl methyl sites for hydroxylation is 1. The van der Waals surface area contributed by atoms with E-state index in [4.69, 9.17) is 4.74 Å². The van der Waals surface area contributed by atoms with Gasteiger partial charge in [-0.25, -0.2) is 4.90 Å². The van der Waals surface area contributed by atoms with E-state index in [1.54, 1.807) is 19.2 Å². The van der Waals surface area contributed by atoms with Crippen molar-refractivity contribution in [3.05, 3.63) is 54.1 Å². The first-order valence-corrected chi connectivity index (χ1v) is 7.43. The molecular formula is C18H18N2O3. The first-order chi connectivity index (χ1) is 11.1. The number of para-hydroxylation sites is 1. The molecule has 0 spiro atoms. The molecule has 0 aliphatic carbocycles. The lowest BCUT2D eigenvalue weighted by Gasteiger charge is -2.18. The van der Waals surface area contributed by atoms with Crippen molar-refractivity contribution in [2.75, 3.05) is 17.3 Å². The van der Waals surface area contributed by atoms with E-state index < -0.39 is 6.04 Å². The minimum Gasteiger partial charge on any atom is -0.497 e. The molecule has 1 atom stereocenters. The fourth-order valence-corrected chi connectivity index (χ4v) is 2.73. The quantitative estimate of drug-likeness (QED) is 0.882. The molecule has 5 nitrogen and oxygen atoms in total. The predicted molar refractivity (Wildman–Crippen MR) is 88.7 cm³/mol. The Kier molecular flexibility index (Phi) is 4.02. The van der Waals surface area contributed by atoms with Crippen molar-refractivity contribution in [2.45, 2.75) is 19.4 Å². The molecule has 2 aromatic rings. The van der Waals surface area contributed by atoms with Crippen LogP contribution in [-0.2, 0) is 9.59 Å². The van der Waals surface area contributed by atoms with Gasteiger partial charge in [-0.05, 0) is 30.7 Å². The Labute approximate surface area is 134 Å². The number of nitrogens with zero attached hydrogens (tertiary/aromatic N) is 1. The Balaban J connectivity index is 1.82. The van der Waals surface area contributed by atoms with Crippen molar-refractivity contribution in [1.29, 1.82) is 0 Å². The summed E-state index contributed by atoms with van der Waals surface area (Å²) in [6, 6.07) is 14.1. The summed E-state index contributed by atoms with van der Waals surface area (Å²) in [4.78, 5) is 26.2. The molecule has 1 N–H and O–H groups in total. The molecule has 1 aliphatic heterocycles. The number of benzene rings is 2. The normalized spacial score (nSPS) is 17.5. The molecular weight excluding hydrogens is 292 g/mol. The lowest BCUT2D eigenvalue weighted by Crippen LogP contribution is -2.35. The molecule has 1 fully saturated rings. The van der Waals surface area contributed by atoms with Crippen LogP contribution in [0.25, 0.3) is 0 Å². The van der Waals surface area contributed by atoms with Gasteiger partial charge in [0.05, 0.1) is 19.2 Å². The molecule has 0 aromatic heterocycles. The summed E-state index contributed by atoms with van der Waals surface area (Å²) in [5.41, 5.74) is 2.30. The van der Waals surface area contributed by atoms with Gasteiger partial charge in [0.25, 0.3) is 5.91 Å². The number of anilines is 2. The fourth-order valence-electron chi connectivity index (χ4n) is 2.73. The maximum absolute atomic E-state index is 12.6. The van der Waals surface area contributed by atoms with Crippen LogP contribution in [0.3, 0.4) is 0 Å². The van der Waals surface area contributed by atoms with E-state index in [0.717, 1.165) is 11.3 Å². The predicted octanol–water partition coefficient (Wildman–Crippen LogP) is 2.75. The highest BCUT2D eigenvalue weighted by Crippen LogP contribution is 2.28. The van der Waals surface area contributed by atoms with E-state index in [2.05, 4.69) is 5.32 Å². The number of methoxy groups -OCH3 is 1. The number of amides is 2. The van der Waals surface area contributed by atoms with Crippen LogP contribution in [0.5, 0.6) is 5.75 Å². The van der Waals surface area contributed by atoms with Crippen LogP contribution in [0.4, 0.5) is 11.4 Å². The van der Waals surface area contributed by atoms with E-state index >= 15 is 0 Å². The summed E-state index contributed by atoms with van der Waals surface area (Å²) in [7, 11) is 1.59. The van der Waals surface area contributed by atoms with Gasteiger partial charge >= 0.3 is 0 Å². The molecule has 118 valence electrons. The molecule has 0 bridgehead atoms. The van der Waals surface area contributed by atoms with E-state index in [1.807, 2.05) is 43.3 Å². The van der Waals surface area contributed by atoms with Crippen LogP contribution in [-0.4, -0.2) is 25.0 Å². The van der Waals surface area contributed by atoms with Crippen molar-refractivity contribution in [3.63, 3.8) is 0 Å². The molecule has 0 saturated carbocycles. The van der Waals surface area contributed by atoms with Gasteiger partial charge in [0.2, 0.25) is 5.91 Å². The first kappa shape index (κ1) is 15.1. The minimum atomic E-state index is -0.561. The number of carbonyl (C=O) groups is 2. The topological polar surface area (TPSA) is 58.6 Å². The smallest absolute Gasteiger partial charge is 0.256 e. The maximum atomic E-state index is 12.6. The van der Waals surface area contributed by atoms with Crippen LogP contribution in [0, 0.1) is 6.92 Å². The van der Waals surface area contributed by atoms with Crippen molar-refractivity contribution >= 4 is 23.2 Å². The zero-order chi connectivity index (χ0) is 16.4. The molecule has 5 heteroatoms. The fraction of sp³-hybridized carbons (Fsp3) is 0.222. The second-order valence-electron chi connectivity index (χ2n) is 5.49. The Bertz CT molecular complexity index is 757. The highest BCUT2D eigenvalue weighted by molar-refractivity contribution is 6.23. The molecule has 2 amide bonds. The second-order valence-corrected chi connectivity index (χ2v) is 5.49.